The first-order valence-corrected chi connectivity index (χ1v) is 15.3. The maximum absolute atomic E-state index is 13.1. The predicted molar refractivity (Wildman–Crippen MR) is 160 cm³/mol. The summed E-state index contributed by atoms with van der Waals surface area (Å²) in [4.78, 5) is 15.3. The Labute approximate surface area is 244 Å². The minimum absolute atomic E-state index is 0.0165. The van der Waals surface area contributed by atoms with Gasteiger partial charge in [0.25, 0.3) is 0 Å². The summed E-state index contributed by atoms with van der Waals surface area (Å²) in [6, 6.07) is 15.7. The Hall–Kier alpha value is -2.71. The van der Waals surface area contributed by atoms with Gasteiger partial charge in [-0.25, -0.2) is 4.79 Å². The lowest BCUT2D eigenvalue weighted by atomic mass is 9.53. The Morgan fingerprint density at radius 2 is 1.61 bits per heavy atom. The van der Waals surface area contributed by atoms with Gasteiger partial charge in [-0.2, -0.15) is 0 Å². The van der Waals surface area contributed by atoms with Crippen molar-refractivity contribution in [3.8, 4) is 0 Å². The fraction of sp³-hybridized carbons (Fsp3) is 0.559. The normalized spacial score (nSPS) is 34.0. The van der Waals surface area contributed by atoms with Crippen LogP contribution in [-0.2, 0) is 16.1 Å². The van der Waals surface area contributed by atoms with Crippen molar-refractivity contribution in [3.05, 3.63) is 77.9 Å². The summed E-state index contributed by atoms with van der Waals surface area (Å²) in [7, 11) is 2.07. The third kappa shape index (κ3) is 6.24. The molecule has 0 unspecified atom stereocenters. The SMILES string of the molecule is C=CCN(C)C[C@@H]1O[C@H](c2ccc(NC(=O)NC34CC5CC(CC(C5)C3)C4)cc2)O[C@H](c2ccc(CO)cc2)[C@@H]1C. The van der Waals surface area contributed by atoms with Crippen LogP contribution in [0.25, 0.3) is 0 Å². The van der Waals surface area contributed by atoms with Gasteiger partial charge in [0.05, 0.1) is 18.8 Å². The molecule has 5 aliphatic rings. The number of aliphatic hydroxyl groups is 1. The topological polar surface area (TPSA) is 83.1 Å². The average molecular weight is 560 g/mol. The van der Waals surface area contributed by atoms with Crippen molar-refractivity contribution >= 4 is 11.7 Å². The first-order valence-electron chi connectivity index (χ1n) is 15.3. The Morgan fingerprint density at radius 1 is 1.00 bits per heavy atom. The van der Waals surface area contributed by atoms with Gasteiger partial charge in [0.1, 0.15) is 0 Å². The van der Waals surface area contributed by atoms with Crippen molar-refractivity contribution in [1.82, 2.24) is 10.2 Å². The fourth-order valence-electron chi connectivity index (χ4n) is 8.32. The Balaban J connectivity index is 1.14. The molecule has 41 heavy (non-hydrogen) atoms. The zero-order valence-corrected chi connectivity index (χ0v) is 24.4. The van der Waals surface area contributed by atoms with Gasteiger partial charge in [0, 0.05) is 35.8 Å². The summed E-state index contributed by atoms with van der Waals surface area (Å²) in [5.41, 5.74) is 3.61. The third-order valence-electron chi connectivity index (χ3n) is 9.91. The van der Waals surface area contributed by atoms with Gasteiger partial charge in [0.2, 0.25) is 0 Å². The molecular formula is C34H45N3O4. The van der Waals surface area contributed by atoms with Crippen molar-refractivity contribution in [3.63, 3.8) is 0 Å². The van der Waals surface area contributed by atoms with E-state index >= 15 is 0 Å². The molecule has 4 aliphatic carbocycles. The number of likely N-dealkylation sites (N-methyl/N-ethyl adjacent to an activating group) is 1. The Morgan fingerprint density at radius 3 is 2.20 bits per heavy atom. The summed E-state index contributed by atoms with van der Waals surface area (Å²) >= 11 is 0. The van der Waals surface area contributed by atoms with Gasteiger partial charge < -0.3 is 30.1 Å². The second-order valence-corrected chi connectivity index (χ2v) is 13.2. The monoisotopic (exact) mass is 559 g/mol. The van der Waals surface area contributed by atoms with E-state index in [2.05, 4.69) is 36.1 Å². The number of hydrogen-bond acceptors (Lipinski definition) is 5. The van der Waals surface area contributed by atoms with Crippen LogP contribution in [0, 0.1) is 23.7 Å². The van der Waals surface area contributed by atoms with Crippen LogP contribution in [0.4, 0.5) is 10.5 Å². The van der Waals surface area contributed by atoms with E-state index in [0.717, 1.165) is 72.5 Å². The number of hydrogen-bond donors (Lipinski definition) is 3. The third-order valence-corrected chi connectivity index (χ3v) is 9.91. The molecule has 7 heteroatoms. The van der Waals surface area contributed by atoms with Crippen LogP contribution in [0.15, 0.2) is 61.2 Å². The van der Waals surface area contributed by atoms with E-state index in [4.69, 9.17) is 9.47 Å². The average Bonchev–Trinajstić information content (AvgIpc) is 2.94. The molecule has 0 aromatic heterocycles. The van der Waals surface area contributed by atoms with Gasteiger partial charge in [-0.1, -0.05) is 49.4 Å². The second kappa shape index (κ2) is 11.9. The number of nitrogens with zero attached hydrogens (tertiary/aromatic N) is 1. The quantitative estimate of drug-likeness (QED) is 0.320. The highest BCUT2D eigenvalue weighted by molar-refractivity contribution is 5.89. The van der Waals surface area contributed by atoms with E-state index in [9.17, 15) is 9.90 Å². The Kier molecular flexibility index (Phi) is 8.23. The molecule has 220 valence electrons. The highest BCUT2D eigenvalue weighted by Gasteiger charge is 2.51. The number of rotatable bonds is 9. The molecule has 4 saturated carbocycles. The van der Waals surface area contributed by atoms with Crippen molar-refractivity contribution in [2.75, 3.05) is 25.5 Å². The number of carbonyl (C=O) groups is 1. The number of aliphatic hydroxyl groups excluding tert-OH is 1. The summed E-state index contributed by atoms with van der Waals surface area (Å²) < 4.78 is 13.1. The van der Waals surface area contributed by atoms with Gasteiger partial charge in [-0.3, -0.25) is 0 Å². The molecule has 1 saturated heterocycles. The van der Waals surface area contributed by atoms with Crippen molar-refractivity contribution in [2.45, 2.75) is 76.1 Å². The maximum atomic E-state index is 13.1. The van der Waals surface area contributed by atoms with Crippen LogP contribution in [0.3, 0.4) is 0 Å². The molecular weight excluding hydrogens is 514 g/mol. The largest absolute Gasteiger partial charge is 0.392 e. The zero-order valence-electron chi connectivity index (χ0n) is 24.4. The van der Waals surface area contributed by atoms with E-state index in [0.29, 0.717) is 0 Å². The maximum Gasteiger partial charge on any atom is 0.319 e. The number of nitrogens with one attached hydrogen (secondary N) is 2. The molecule has 4 atom stereocenters. The fourth-order valence-corrected chi connectivity index (χ4v) is 8.32. The zero-order chi connectivity index (χ0) is 28.6. The Bertz CT molecular complexity index is 1180. The second-order valence-electron chi connectivity index (χ2n) is 13.2. The smallest absolute Gasteiger partial charge is 0.319 e. The number of benzene rings is 2. The van der Waals surface area contributed by atoms with Crippen LogP contribution in [0.5, 0.6) is 0 Å². The molecule has 0 spiro atoms. The number of urea groups is 1. The highest BCUT2D eigenvalue weighted by Crippen LogP contribution is 2.55. The molecule has 4 bridgehead atoms. The lowest BCUT2D eigenvalue weighted by Gasteiger charge is -2.56. The van der Waals surface area contributed by atoms with E-state index < -0.39 is 6.29 Å². The van der Waals surface area contributed by atoms with Crippen LogP contribution >= 0.6 is 0 Å². The van der Waals surface area contributed by atoms with Crippen molar-refractivity contribution < 1.29 is 19.4 Å². The first-order chi connectivity index (χ1) is 19.8. The number of carbonyl (C=O) groups excluding carboxylic acids is 1. The van der Waals surface area contributed by atoms with Gasteiger partial charge in [-0.15, -0.1) is 6.58 Å². The number of ether oxygens (including phenoxy) is 2. The minimum atomic E-state index is -0.536. The van der Waals surface area contributed by atoms with E-state index in [1.807, 2.05) is 54.6 Å². The van der Waals surface area contributed by atoms with Crippen LogP contribution < -0.4 is 10.6 Å². The van der Waals surface area contributed by atoms with E-state index in [1.54, 1.807) is 0 Å². The molecule has 2 amide bonds. The molecule has 7 nitrogen and oxygen atoms in total. The molecule has 7 rings (SSSR count). The molecule has 1 aliphatic heterocycles. The lowest BCUT2D eigenvalue weighted by molar-refractivity contribution is -0.275. The standard InChI is InChI=1S/C34H45N3O4/c1-4-13-37(3)20-30-22(2)31(27-7-5-23(21-38)6-8-27)41-32(40-30)28-9-11-29(12-10-28)35-33(39)36-34-17-24-14-25(18-34)16-26(15-24)19-34/h4-12,22,24-26,30-32,38H,1,13-21H2,2-3H3,(H2,35,36,39)/t22-,24?,25?,26?,30+,31+,32+,34?/m1/s1. The van der Waals surface area contributed by atoms with Gasteiger partial charge in [0.15, 0.2) is 6.29 Å². The van der Waals surface area contributed by atoms with Gasteiger partial charge >= 0.3 is 6.03 Å². The number of amides is 2. The van der Waals surface area contributed by atoms with E-state index in [-0.39, 0.29) is 36.3 Å². The molecule has 3 N–H and O–H groups in total. The van der Waals surface area contributed by atoms with Crippen molar-refractivity contribution in [1.29, 1.82) is 0 Å². The highest BCUT2D eigenvalue weighted by atomic mass is 16.7. The van der Waals surface area contributed by atoms with E-state index in [1.165, 1.54) is 19.3 Å². The first kappa shape index (κ1) is 28.4. The van der Waals surface area contributed by atoms with Crippen LogP contribution in [0.1, 0.15) is 74.5 Å². The number of anilines is 1. The molecule has 2 aromatic carbocycles. The van der Waals surface area contributed by atoms with Gasteiger partial charge in [-0.05, 0) is 86.6 Å². The molecule has 2 aromatic rings. The lowest BCUT2D eigenvalue weighted by Crippen LogP contribution is -2.60. The summed E-state index contributed by atoms with van der Waals surface area (Å²) in [5, 5.41) is 16.0. The van der Waals surface area contributed by atoms with Crippen LogP contribution in [0.2, 0.25) is 0 Å². The summed E-state index contributed by atoms with van der Waals surface area (Å²) in [6.45, 7) is 7.59. The molecule has 0 radical (unpaired) electrons. The summed E-state index contributed by atoms with van der Waals surface area (Å²) in [5.74, 6) is 2.48. The molecule has 1 heterocycles. The molecule has 5 fully saturated rings. The summed E-state index contributed by atoms with van der Waals surface area (Å²) in [6.07, 6.45) is 8.62. The minimum Gasteiger partial charge on any atom is -0.392 e. The van der Waals surface area contributed by atoms with Crippen molar-refractivity contribution in [2.24, 2.45) is 23.7 Å². The van der Waals surface area contributed by atoms with Crippen LogP contribution in [-0.4, -0.2) is 47.8 Å². The predicted octanol–water partition coefficient (Wildman–Crippen LogP) is 6.18.